The minimum Gasteiger partial charge on any atom is -0.496 e. The fraction of sp³-hybridized carbons (Fsp3) is 0.438. The summed E-state index contributed by atoms with van der Waals surface area (Å²) in [5.74, 6) is 2.82. The van der Waals surface area contributed by atoms with Crippen LogP contribution in [-0.4, -0.2) is 54.8 Å². The van der Waals surface area contributed by atoms with Crippen LogP contribution in [0.2, 0.25) is 0 Å². The molecule has 1 aromatic carbocycles. The number of benzene rings is 1. The number of aliphatic hydroxyl groups excluding tert-OH is 1. The van der Waals surface area contributed by atoms with Gasteiger partial charge >= 0.3 is 0 Å². The van der Waals surface area contributed by atoms with E-state index in [0.29, 0.717) is 50.2 Å². The predicted octanol–water partition coefficient (Wildman–Crippen LogP) is 1.34. The van der Waals surface area contributed by atoms with Gasteiger partial charge in [-0.2, -0.15) is 0 Å². The van der Waals surface area contributed by atoms with Crippen molar-refractivity contribution in [1.82, 2.24) is 9.55 Å². The van der Waals surface area contributed by atoms with E-state index in [1.807, 2.05) is 22.9 Å². The summed E-state index contributed by atoms with van der Waals surface area (Å²) in [5, 5.41) is 8.75. The summed E-state index contributed by atoms with van der Waals surface area (Å²) in [6.07, 6.45) is 3.62. The van der Waals surface area contributed by atoms with E-state index < -0.39 is 0 Å². The van der Waals surface area contributed by atoms with Gasteiger partial charge in [-0.05, 0) is 6.07 Å². The molecule has 2 heterocycles. The highest BCUT2D eigenvalue weighted by molar-refractivity contribution is 5.70. The van der Waals surface area contributed by atoms with Gasteiger partial charge in [-0.25, -0.2) is 4.98 Å². The van der Waals surface area contributed by atoms with Crippen LogP contribution >= 0.6 is 0 Å². The zero-order valence-electron chi connectivity index (χ0n) is 13.0. The van der Waals surface area contributed by atoms with E-state index in [1.165, 1.54) is 0 Å². The third-order valence-electron chi connectivity index (χ3n) is 3.53. The highest BCUT2D eigenvalue weighted by atomic mass is 16.6. The molecule has 0 saturated heterocycles. The molecule has 0 aliphatic carbocycles. The van der Waals surface area contributed by atoms with Crippen molar-refractivity contribution in [2.24, 2.45) is 0 Å². The van der Waals surface area contributed by atoms with Crippen molar-refractivity contribution >= 4 is 0 Å². The quantitative estimate of drug-likeness (QED) is 0.776. The number of aliphatic hydroxyl groups is 1. The van der Waals surface area contributed by atoms with Crippen molar-refractivity contribution in [2.45, 2.75) is 6.54 Å². The lowest BCUT2D eigenvalue weighted by Crippen LogP contribution is -2.15. The number of nitrogens with zero attached hydrogens (tertiary/aromatic N) is 2. The minimum atomic E-state index is 0.0206. The van der Waals surface area contributed by atoms with Crippen LogP contribution in [0.25, 0.3) is 11.4 Å². The molecule has 0 bridgehead atoms. The van der Waals surface area contributed by atoms with E-state index in [4.69, 9.17) is 24.1 Å². The van der Waals surface area contributed by atoms with Gasteiger partial charge in [-0.15, -0.1) is 0 Å². The molecule has 3 rings (SSSR count). The largest absolute Gasteiger partial charge is 0.496 e. The van der Waals surface area contributed by atoms with E-state index in [9.17, 15) is 0 Å². The maximum atomic E-state index is 8.75. The van der Waals surface area contributed by atoms with Crippen LogP contribution in [-0.2, 0) is 11.3 Å². The Morgan fingerprint density at radius 1 is 1.22 bits per heavy atom. The molecule has 7 heteroatoms. The molecule has 23 heavy (non-hydrogen) atoms. The van der Waals surface area contributed by atoms with E-state index in [-0.39, 0.29) is 6.61 Å². The Balaban J connectivity index is 1.87. The second-order valence-corrected chi connectivity index (χ2v) is 4.98. The fourth-order valence-electron chi connectivity index (χ4n) is 2.48. The van der Waals surface area contributed by atoms with Crippen molar-refractivity contribution in [3.63, 3.8) is 0 Å². The minimum absolute atomic E-state index is 0.0206. The number of imidazole rings is 1. The molecule has 0 spiro atoms. The molecule has 2 aromatic rings. The van der Waals surface area contributed by atoms with Crippen LogP contribution in [0.3, 0.4) is 0 Å². The van der Waals surface area contributed by atoms with Crippen LogP contribution in [0.1, 0.15) is 0 Å². The van der Waals surface area contributed by atoms with E-state index >= 15 is 0 Å². The van der Waals surface area contributed by atoms with Gasteiger partial charge < -0.3 is 28.6 Å². The van der Waals surface area contributed by atoms with E-state index in [1.54, 1.807) is 13.3 Å². The Morgan fingerprint density at radius 2 is 2.00 bits per heavy atom. The summed E-state index contributed by atoms with van der Waals surface area (Å²) in [4.78, 5) is 4.42. The number of fused-ring (bicyclic) bond motifs is 1. The maximum Gasteiger partial charge on any atom is 0.165 e. The normalized spacial score (nSPS) is 13.1. The molecule has 1 aliphatic rings. The molecule has 7 nitrogen and oxygen atoms in total. The van der Waals surface area contributed by atoms with Gasteiger partial charge in [-0.1, -0.05) is 0 Å². The lowest BCUT2D eigenvalue weighted by molar-refractivity contribution is 0.0872. The molecule has 0 amide bonds. The number of rotatable bonds is 7. The highest BCUT2D eigenvalue weighted by Gasteiger charge is 2.19. The molecule has 0 atom stereocenters. The first-order chi connectivity index (χ1) is 11.3. The lowest BCUT2D eigenvalue weighted by Gasteiger charge is -2.21. The summed E-state index contributed by atoms with van der Waals surface area (Å²) < 4.78 is 24.0. The molecule has 1 N–H and O–H groups in total. The molecular weight excluding hydrogens is 300 g/mol. The average molecular weight is 320 g/mol. The third-order valence-corrected chi connectivity index (χ3v) is 3.53. The van der Waals surface area contributed by atoms with Crippen LogP contribution < -0.4 is 14.2 Å². The van der Waals surface area contributed by atoms with E-state index in [2.05, 4.69) is 4.98 Å². The second-order valence-electron chi connectivity index (χ2n) is 4.98. The van der Waals surface area contributed by atoms with Gasteiger partial charge in [0.25, 0.3) is 0 Å². The number of methoxy groups -OCH3 is 1. The van der Waals surface area contributed by atoms with Crippen LogP contribution in [0.15, 0.2) is 24.5 Å². The van der Waals surface area contributed by atoms with Gasteiger partial charge in [0.2, 0.25) is 0 Å². The SMILES string of the molecule is COc1cc2c(cc1-c1nccn1CCOCCO)OCCO2. The van der Waals surface area contributed by atoms with Crippen molar-refractivity contribution < 1.29 is 24.1 Å². The number of ether oxygens (including phenoxy) is 4. The maximum absolute atomic E-state index is 8.75. The van der Waals surface area contributed by atoms with Crippen molar-refractivity contribution in [3.8, 4) is 28.6 Å². The molecule has 0 radical (unpaired) electrons. The van der Waals surface area contributed by atoms with Crippen molar-refractivity contribution in [3.05, 3.63) is 24.5 Å². The fourth-order valence-corrected chi connectivity index (χ4v) is 2.48. The predicted molar refractivity (Wildman–Crippen MR) is 83.1 cm³/mol. The Bertz CT molecular complexity index is 656. The third kappa shape index (κ3) is 3.40. The highest BCUT2D eigenvalue weighted by Crippen LogP contribution is 2.40. The van der Waals surface area contributed by atoms with Crippen LogP contribution in [0, 0.1) is 0 Å². The van der Waals surface area contributed by atoms with Gasteiger partial charge in [0, 0.05) is 25.0 Å². The van der Waals surface area contributed by atoms with Crippen LogP contribution in [0.5, 0.6) is 17.2 Å². The zero-order valence-corrected chi connectivity index (χ0v) is 13.0. The average Bonchev–Trinajstić information content (AvgIpc) is 3.05. The first-order valence-electron chi connectivity index (χ1n) is 7.51. The Kier molecular flexibility index (Phi) is 4.99. The second kappa shape index (κ2) is 7.34. The zero-order chi connectivity index (χ0) is 16.1. The first kappa shape index (κ1) is 15.6. The summed E-state index contributed by atoms with van der Waals surface area (Å²) in [5.41, 5.74) is 0.837. The standard InChI is InChI=1S/C16H20N2O5/c1-20-13-11-15-14(22-8-9-23-15)10-12(13)16-17-2-3-18(16)4-6-21-7-5-19/h2-3,10-11,19H,4-9H2,1H3. The molecule has 124 valence electrons. The number of hydrogen-bond acceptors (Lipinski definition) is 6. The monoisotopic (exact) mass is 320 g/mol. The molecule has 1 aromatic heterocycles. The Labute approximate surface area is 134 Å². The van der Waals surface area contributed by atoms with Crippen LogP contribution in [0.4, 0.5) is 0 Å². The Hall–Kier alpha value is -2.25. The smallest absolute Gasteiger partial charge is 0.165 e. The topological polar surface area (TPSA) is 75.0 Å². The lowest BCUT2D eigenvalue weighted by atomic mass is 10.1. The van der Waals surface area contributed by atoms with E-state index in [0.717, 1.165) is 11.4 Å². The summed E-state index contributed by atoms with van der Waals surface area (Å²) in [6.45, 7) is 2.54. The number of aromatic nitrogens is 2. The van der Waals surface area contributed by atoms with Gasteiger partial charge in [0.1, 0.15) is 24.8 Å². The molecular formula is C16H20N2O5. The van der Waals surface area contributed by atoms with Crippen molar-refractivity contribution in [1.29, 1.82) is 0 Å². The Morgan fingerprint density at radius 3 is 2.74 bits per heavy atom. The molecule has 0 unspecified atom stereocenters. The number of hydrogen-bond donors (Lipinski definition) is 1. The van der Waals surface area contributed by atoms with Gasteiger partial charge in [-0.3, -0.25) is 0 Å². The molecule has 1 aliphatic heterocycles. The molecule has 0 fully saturated rings. The summed E-state index contributed by atoms with van der Waals surface area (Å²) in [7, 11) is 1.62. The van der Waals surface area contributed by atoms with Gasteiger partial charge in [0.15, 0.2) is 11.5 Å². The molecule has 0 saturated carbocycles. The summed E-state index contributed by atoms with van der Waals surface area (Å²) >= 11 is 0. The van der Waals surface area contributed by atoms with Crippen molar-refractivity contribution in [2.75, 3.05) is 40.1 Å². The summed E-state index contributed by atoms with van der Waals surface area (Å²) in [6, 6.07) is 3.71. The van der Waals surface area contributed by atoms with Gasteiger partial charge in [0.05, 0.1) is 32.5 Å². The first-order valence-corrected chi connectivity index (χ1v) is 7.51.